The highest BCUT2D eigenvalue weighted by Gasteiger charge is 2.57. The summed E-state index contributed by atoms with van der Waals surface area (Å²) in [6, 6.07) is 0.0902. The standard InChI is InChI=1S/C19H26N6O4S/c1-4-7-30-18-21-15(20-9-5-6-9)12-16(22-18)25(24-23-12)11-8-10(17(26)27)13-14(11)29-19(2,3)28-13/h9-11,13-14H,4-8H2,1-3H3,(H,26,27)(H,20,21,22)/t10-,11+,13+,14-/m0/s1. The highest BCUT2D eigenvalue weighted by Crippen LogP contribution is 2.47. The van der Waals surface area contributed by atoms with Crippen LogP contribution in [0.25, 0.3) is 11.2 Å². The summed E-state index contributed by atoms with van der Waals surface area (Å²) in [5.74, 6) is -0.783. The molecule has 1 aliphatic heterocycles. The Morgan fingerprint density at radius 3 is 2.77 bits per heavy atom. The predicted molar refractivity (Wildman–Crippen MR) is 109 cm³/mol. The molecule has 2 aromatic heterocycles. The second-order valence-electron chi connectivity index (χ2n) is 8.64. The summed E-state index contributed by atoms with van der Waals surface area (Å²) in [6.45, 7) is 5.73. The number of carbonyl (C=O) groups is 1. The van der Waals surface area contributed by atoms with Gasteiger partial charge in [0.15, 0.2) is 27.9 Å². The summed E-state index contributed by atoms with van der Waals surface area (Å²) in [7, 11) is 0. The van der Waals surface area contributed by atoms with E-state index < -0.39 is 29.9 Å². The molecule has 3 aliphatic rings. The number of hydrogen-bond donors (Lipinski definition) is 2. The molecule has 162 valence electrons. The molecule has 30 heavy (non-hydrogen) atoms. The second-order valence-corrected chi connectivity index (χ2v) is 9.70. The summed E-state index contributed by atoms with van der Waals surface area (Å²) in [6.07, 6.45) is 2.65. The van der Waals surface area contributed by atoms with E-state index in [9.17, 15) is 9.90 Å². The van der Waals surface area contributed by atoms with Crippen LogP contribution < -0.4 is 5.32 Å². The number of fused-ring (bicyclic) bond motifs is 2. The minimum atomic E-state index is -0.886. The molecule has 0 unspecified atom stereocenters. The van der Waals surface area contributed by atoms with Gasteiger partial charge in [0.25, 0.3) is 0 Å². The van der Waals surface area contributed by atoms with E-state index in [0.717, 1.165) is 25.0 Å². The number of ether oxygens (including phenoxy) is 2. The Morgan fingerprint density at radius 2 is 2.07 bits per heavy atom. The molecule has 11 heteroatoms. The first-order valence-corrected chi connectivity index (χ1v) is 11.5. The number of aliphatic carboxylic acids is 1. The van der Waals surface area contributed by atoms with E-state index in [-0.39, 0.29) is 6.04 Å². The number of aromatic nitrogens is 5. The molecule has 5 rings (SSSR count). The molecule has 3 heterocycles. The number of rotatable bonds is 7. The third kappa shape index (κ3) is 3.52. The van der Waals surface area contributed by atoms with Gasteiger partial charge >= 0.3 is 5.97 Å². The lowest BCUT2D eigenvalue weighted by Gasteiger charge is -2.22. The number of anilines is 1. The zero-order valence-electron chi connectivity index (χ0n) is 17.2. The average molecular weight is 435 g/mol. The van der Waals surface area contributed by atoms with Crippen molar-refractivity contribution in [1.29, 1.82) is 0 Å². The third-order valence-electron chi connectivity index (χ3n) is 5.72. The molecule has 2 saturated carbocycles. The molecular weight excluding hydrogens is 408 g/mol. The van der Waals surface area contributed by atoms with Crippen molar-refractivity contribution in [3.05, 3.63) is 0 Å². The van der Waals surface area contributed by atoms with Crippen LogP contribution in [0.4, 0.5) is 5.82 Å². The van der Waals surface area contributed by atoms with Gasteiger partial charge in [-0.25, -0.2) is 14.6 Å². The Morgan fingerprint density at radius 1 is 1.30 bits per heavy atom. The van der Waals surface area contributed by atoms with Gasteiger partial charge in [-0.15, -0.1) is 5.10 Å². The molecule has 1 saturated heterocycles. The maximum atomic E-state index is 11.9. The lowest BCUT2D eigenvalue weighted by atomic mass is 10.1. The first-order valence-electron chi connectivity index (χ1n) is 10.5. The van der Waals surface area contributed by atoms with Gasteiger partial charge in [0.2, 0.25) is 0 Å². The predicted octanol–water partition coefficient (Wildman–Crippen LogP) is 2.46. The van der Waals surface area contributed by atoms with E-state index in [4.69, 9.17) is 14.5 Å². The Bertz CT molecular complexity index is 977. The molecule has 3 fully saturated rings. The molecule has 0 spiro atoms. The van der Waals surface area contributed by atoms with Gasteiger partial charge in [-0.3, -0.25) is 4.79 Å². The molecule has 4 atom stereocenters. The number of thioether (sulfide) groups is 1. The summed E-state index contributed by atoms with van der Waals surface area (Å²) in [5, 5.41) is 22.6. The quantitative estimate of drug-likeness (QED) is 0.496. The van der Waals surface area contributed by atoms with Crippen molar-refractivity contribution in [2.45, 2.75) is 81.7 Å². The fraction of sp³-hybridized carbons (Fsp3) is 0.737. The molecule has 2 aliphatic carbocycles. The number of nitrogens with zero attached hydrogens (tertiary/aromatic N) is 5. The fourth-order valence-corrected chi connectivity index (χ4v) is 4.94. The number of hydrogen-bond acceptors (Lipinski definition) is 9. The maximum absolute atomic E-state index is 11.9. The molecule has 2 N–H and O–H groups in total. The van der Waals surface area contributed by atoms with Crippen LogP contribution >= 0.6 is 11.8 Å². The zero-order valence-corrected chi connectivity index (χ0v) is 18.1. The zero-order chi connectivity index (χ0) is 21.0. The van der Waals surface area contributed by atoms with Crippen molar-refractivity contribution in [3.8, 4) is 0 Å². The van der Waals surface area contributed by atoms with Crippen molar-refractivity contribution in [3.63, 3.8) is 0 Å². The normalized spacial score (nSPS) is 30.0. The van der Waals surface area contributed by atoms with Crippen molar-refractivity contribution < 1.29 is 19.4 Å². The molecule has 0 bridgehead atoms. The average Bonchev–Trinajstić information content (AvgIpc) is 3.16. The summed E-state index contributed by atoms with van der Waals surface area (Å²) in [5.41, 5.74) is 1.21. The lowest BCUT2D eigenvalue weighted by Crippen LogP contribution is -2.30. The van der Waals surface area contributed by atoms with Crippen LogP contribution in [-0.4, -0.2) is 65.8 Å². The first kappa shape index (κ1) is 20.0. The van der Waals surface area contributed by atoms with Crippen molar-refractivity contribution in [1.82, 2.24) is 25.0 Å². The van der Waals surface area contributed by atoms with E-state index in [2.05, 4.69) is 27.5 Å². The fourth-order valence-electron chi connectivity index (χ4n) is 4.25. The summed E-state index contributed by atoms with van der Waals surface area (Å²) >= 11 is 1.60. The van der Waals surface area contributed by atoms with Gasteiger partial charge in [0.05, 0.1) is 12.0 Å². The van der Waals surface area contributed by atoms with E-state index >= 15 is 0 Å². The van der Waals surface area contributed by atoms with Crippen LogP contribution in [0.2, 0.25) is 0 Å². The van der Waals surface area contributed by atoms with Crippen LogP contribution in [0.1, 0.15) is 52.5 Å². The summed E-state index contributed by atoms with van der Waals surface area (Å²) < 4.78 is 13.8. The Hall–Kier alpha value is -1.98. The van der Waals surface area contributed by atoms with Gasteiger partial charge in [-0.1, -0.05) is 23.9 Å². The number of nitrogens with one attached hydrogen (secondary N) is 1. The van der Waals surface area contributed by atoms with Gasteiger partial charge in [0.1, 0.15) is 12.2 Å². The van der Waals surface area contributed by atoms with E-state index in [1.165, 1.54) is 0 Å². The molecule has 2 aromatic rings. The van der Waals surface area contributed by atoms with E-state index in [1.807, 2.05) is 0 Å². The monoisotopic (exact) mass is 434 g/mol. The Labute approximate surface area is 178 Å². The van der Waals surface area contributed by atoms with Crippen molar-refractivity contribution in [2.75, 3.05) is 11.1 Å². The largest absolute Gasteiger partial charge is 0.481 e. The van der Waals surface area contributed by atoms with Crippen molar-refractivity contribution in [2.24, 2.45) is 5.92 Å². The molecular formula is C19H26N6O4S. The van der Waals surface area contributed by atoms with Crippen molar-refractivity contribution >= 4 is 34.7 Å². The minimum absolute atomic E-state index is 0.324. The summed E-state index contributed by atoms with van der Waals surface area (Å²) in [4.78, 5) is 21.3. The topological polar surface area (TPSA) is 124 Å². The van der Waals surface area contributed by atoms with Gasteiger partial charge in [-0.05, 0) is 39.5 Å². The second kappa shape index (κ2) is 7.31. The van der Waals surface area contributed by atoms with E-state index in [1.54, 1.807) is 30.3 Å². The molecule has 0 aromatic carbocycles. The van der Waals surface area contributed by atoms with Gasteiger partial charge in [0, 0.05) is 11.8 Å². The van der Waals surface area contributed by atoms with E-state index in [0.29, 0.717) is 34.6 Å². The molecule has 0 amide bonds. The Kier molecular flexibility index (Phi) is 4.86. The van der Waals surface area contributed by atoms with Gasteiger partial charge < -0.3 is 19.9 Å². The maximum Gasteiger partial charge on any atom is 0.309 e. The molecule has 0 radical (unpaired) electrons. The Balaban J connectivity index is 1.55. The number of carboxylic acid groups (broad SMARTS) is 1. The lowest BCUT2D eigenvalue weighted by molar-refractivity contribution is -0.168. The smallest absolute Gasteiger partial charge is 0.309 e. The molecule has 10 nitrogen and oxygen atoms in total. The van der Waals surface area contributed by atoms with Crippen LogP contribution in [-0.2, 0) is 14.3 Å². The van der Waals surface area contributed by atoms with Gasteiger partial charge in [-0.2, -0.15) is 0 Å². The highest BCUT2D eigenvalue weighted by atomic mass is 32.2. The minimum Gasteiger partial charge on any atom is -0.481 e. The van der Waals surface area contributed by atoms with Crippen LogP contribution in [0, 0.1) is 5.92 Å². The number of carboxylic acids is 1. The van der Waals surface area contributed by atoms with Crippen LogP contribution in [0.5, 0.6) is 0 Å². The highest BCUT2D eigenvalue weighted by molar-refractivity contribution is 7.99. The van der Waals surface area contributed by atoms with Crippen LogP contribution in [0.15, 0.2) is 5.16 Å². The third-order valence-corrected chi connectivity index (χ3v) is 6.78. The first-order chi connectivity index (χ1) is 14.4. The SMILES string of the molecule is CCCSc1nc(NC2CC2)c2nnn([C@@H]3C[C@H](C(=O)O)[C@H]4OC(C)(C)O[C@H]43)c2n1. The van der Waals surface area contributed by atoms with Crippen LogP contribution in [0.3, 0.4) is 0 Å².